The lowest BCUT2D eigenvalue weighted by molar-refractivity contribution is 0.481. The molecule has 0 aliphatic rings. The highest BCUT2D eigenvalue weighted by Crippen LogP contribution is 2.22. The van der Waals surface area contributed by atoms with Crippen LogP contribution in [0.4, 0.5) is 0 Å². The molecule has 3 rings (SSSR count). The highest BCUT2D eigenvalue weighted by Gasteiger charge is 2.20. The number of nitrogens with one attached hydrogen (secondary N) is 1. The summed E-state index contributed by atoms with van der Waals surface area (Å²) >= 11 is 0. The maximum absolute atomic E-state index is 12.2. The van der Waals surface area contributed by atoms with Gasteiger partial charge in [0.25, 0.3) is 25.8 Å². The number of hydrogen-bond acceptors (Lipinski definition) is 5. The van der Waals surface area contributed by atoms with Crippen molar-refractivity contribution in [3.8, 4) is 16.9 Å². The SMILES string of the molecule is O=c1cc(-c2ccccc2)[nH]n1-c1cc(S(=O)(=O)O)cc(S(=O)(=O)O)c1. The highest BCUT2D eigenvalue weighted by atomic mass is 32.2. The van der Waals surface area contributed by atoms with Crippen LogP contribution in [0.15, 0.2) is 69.2 Å². The van der Waals surface area contributed by atoms with Crippen molar-refractivity contribution in [1.82, 2.24) is 9.78 Å². The zero-order valence-electron chi connectivity index (χ0n) is 12.9. The van der Waals surface area contributed by atoms with Crippen LogP contribution in [0, 0.1) is 0 Å². The topological polar surface area (TPSA) is 147 Å². The van der Waals surface area contributed by atoms with E-state index in [1.807, 2.05) is 0 Å². The number of aromatic amines is 1. The van der Waals surface area contributed by atoms with E-state index in [-0.39, 0.29) is 5.69 Å². The molecular weight excluding hydrogens is 384 g/mol. The molecule has 0 aliphatic carbocycles. The van der Waals surface area contributed by atoms with Gasteiger partial charge in [-0.3, -0.25) is 19.0 Å². The second-order valence-electron chi connectivity index (χ2n) is 5.32. The predicted molar refractivity (Wildman–Crippen MR) is 91.5 cm³/mol. The Balaban J connectivity index is 2.25. The van der Waals surface area contributed by atoms with Crippen LogP contribution < -0.4 is 5.56 Å². The first-order valence-corrected chi connectivity index (χ1v) is 9.92. The number of H-pyrrole nitrogens is 1. The number of nitrogens with zero attached hydrogens (tertiary/aromatic N) is 1. The molecule has 0 amide bonds. The standard InChI is InChI=1S/C15H12N2O7S2/c18-15-9-14(10-4-2-1-3-5-10)16-17(15)11-6-12(25(19,20)21)8-13(7-11)26(22,23)24/h1-9,16H,(H,19,20,21)(H,22,23,24). The number of rotatable bonds is 4. The molecule has 3 aromatic rings. The van der Waals surface area contributed by atoms with Crippen molar-refractivity contribution < 1.29 is 25.9 Å². The molecule has 136 valence electrons. The first-order valence-electron chi connectivity index (χ1n) is 7.04. The van der Waals surface area contributed by atoms with Crippen LogP contribution in [-0.2, 0) is 20.2 Å². The molecule has 2 aromatic carbocycles. The van der Waals surface area contributed by atoms with Gasteiger partial charge in [0.1, 0.15) is 0 Å². The summed E-state index contributed by atoms with van der Waals surface area (Å²) in [6.07, 6.45) is 0. The summed E-state index contributed by atoms with van der Waals surface area (Å²) in [6.45, 7) is 0. The van der Waals surface area contributed by atoms with Crippen molar-refractivity contribution >= 4 is 20.2 Å². The fraction of sp³-hybridized carbons (Fsp3) is 0. The van der Waals surface area contributed by atoms with Gasteiger partial charge in [-0.2, -0.15) is 16.8 Å². The third kappa shape index (κ3) is 3.60. The summed E-state index contributed by atoms with van der Waals surface area (Å²) in [5, 5.41) is 2.72. The smallest absolute Gasteiger partial charge is 0.290 e. The van der Waals surface area contributed by atoms with E-state index >= 15 is 0 Å². The van der Waals surface area contributed by atoms with Gasteiger partial charge in [0.2, 0.25) is 0 Å². The Bertz CT molecular complexity index is 1190. The first kappa shape index (κ1) is 18.1. The molecule has 0 saturated carbocycles. The normalized spacial score (nSPS) is 12.2. The quantitative estimate of drug-likeness (QED) is 0.564. The van der Waals surface area contributed by atoms with Crippen LogP contribution in [0.5, 0.6) is 0 Å². The molecule has 0 fully saturated rings. The molecule has 3 N–H and O–H groups in total. The maximum atomic E-state index is 12.2. The summed E-state index contributed by atoms with van der Waals surface area (Å²) in [5.74, 6) is 0. The Labute approximate surface area is 148 Å². The summed E-state index contributed by atoms with van der Waals surface area (Å²) in [7, 11) is -9.56. The minimum absolute atomic E-state index is 0.195. The van der Waals surface area contributed by atoms with E-state index in [4.69, 9.17) is 0 Å². The average molecular weight is 396 g/mol. The average Bonchev–Trinajstić information content (AvgIpc) is 2.95. The van der Waals surface area contributed by atoms with Gasteiger partial charge in [-0.05, 0) is 23.8 Å². The lowest BCUT2D eigenvalue weighted by atomic mass is 10.2. The molecule has 0 atom stereocenters. The fourth-order valence-electron chi connectivity index (χ4n) is 2.34. The van der Waals surface area contributed by atoms with Crippen molar-refractivity contribution in [2.45, 2.75) is 9.79 Å². The Morgan fingerprint density at radius 1 is 0.808 bits per heavy atom. The number of aromatic nitrogens is 2. The molecule has 0 aliphatic heterocycles. The van der Waals surface area contributed by atoms with E-state index in [1.165, 1.54) is 6.07 Å². The maximum Gasteiger partial charge on any atom is 0.294 e. The van der Waals surface area contributed by atoms with Crippen LogP contribution >= 0.6 is 0 Å². The van der Waals surface area contributed by atoms with E-state index < -0.39 is 35.6 Å². The van der Waals surface area contributed by atoms with Crippen molar-refractivity contribution in [2.24, 2.45) is 0 Å². The third-order valence-electron chi connectivity index (χ3n) is 3.52. The van der Waals surface area contributed by atoms with Gasteiger partial charge in [-0.1, -0.05) is 30.3 Å². The van der Waals surface area contributed by atoms with Crippen LogP contribution in [0.3, 0.4) is 0 Å². The lowest BCUT2D eigenvalue weighted by Gasteiger charge is -2.07. The zero-order chi connectivity index (χ0) is 19.1. The third-order valence-corrected chi connectivity index (χ3v) is 5.19. The van der Waals surface area contributed by atoms with E-state index in [2.05, 4.69) is 5.10 Å². The number of benzene rings is 2. The van der Waals surface area contributed by atoms with Gasteiger partial charge in [-0.25, -0.2) is 4.68 Å². The molecule has 1 heterocycles. The van der Waals surface area contributed by atoms with Gasteiger partial charge in [-0.15, -0.1) is 0 Å². The van der Waals surface area contributed by atoms with E-state index in [9.17, 15) is 30.7 Å². The summed E-state index contributed by atoms with van der Waals surface area (Å²) in [4.78, 5) is 10.7. The zero-order valence-corrected chi connectivity index (χ0v) is 14.5. The summed E-state index contributed by atoms with van der Waals surface area (Å²) in [6, 6.07) is 12.4. The minimum Gasteiger partial charge on any atom is -0.290 e. The van der Waals surface area contributed by atoms with Crippen molar-refractivity contribution in [1.29, 1.82) is 0 Å². The predicted octanol–water partition coefficient (Wildman–Crippen LogP) is 1.33. The molecule has 9 nitrogen and oxygen atoms in total. The van der Waals surface area contributed by atoms with Gasteiger partial charge >= 0.3 is 0 Å². The lowest BCUT2D eigenvalue weighted by Crippen LogP contribution is -2.15. The molecule has 0 unspecified atom stereocenters. The summed E-state index contributed by atoms with van der Waals surface area (Å²) in [5.41, 5.74) is 0.281. The van der Waals surface area contributed by atoms with Crippen LogP contribution in [0.2, 0.25) is 0 Å². The van der Waals surface area contributed by atoms with Crippen LogP contribution in [0.25, 0.3) is 16.9 Å². The molecule has 1 aromatic heterocycles. The largest absolute Gasteiger partial charge is 0.294 e. The van der Waals surface area contributed by atoms with Gasteiger partial charge < -0.3 is 0 Å². The van der Waals surface area contributed by atoms with Crippen molar-refractivity contribution in [2.75, 3.05) is 0 Å². The fourth-order valence-corrected chi connectivity index (χ4v) is 3.50. The van der Waals surface area contributed by atoms with Crippen molar-refractivity contribution in [3.63, 3.8) is 0 Å². The summed E-state index contributed by atoms with van der Waals surface area (Å²) < 4.78 is 64.9. The molecule has 26 heavy (non-hydrogen) atoms. The Morgan fingerprint density at radius 2 is 1.35 bits per heavy atom. The molecule has 0 bridgehead atoms. The Kier molecular flexibility index (Phi) is 4.32. The first-order chi connectivity index (χ1) is 12.1. The Hall–Kier alpha value is -2.73. The van der Waals surface area contributed by atoms with E-state index in [0.29, 0.717) is 17.3 Å². The monoisotopic (exact) mass is 396 g/mol. The van der Waals surface area contributed by atoms with Gasteiger partial charge in [0.15, 0.2) is 0 Å². The Morgan fingerprint density at radius 3 is 1.85 bits per heavy atom. The van der Waals surface area contributed by atoms with Crippen molar-refractivity contribution in [3.05, 3.63) is 65.0 Å². The van der Waals surface area contributed by atoms with E-state index in [1.54, 1.807) is 30.3 Å². The van der Waals surface area contributed by atoms with Crippen LogP contribution in [-0.4, -0.2) is 35.7 Å². The molecule has 0 radical (unpaired) electrons. The van der Waals surface area contributed by atoms with Gasteiger partial charge in [0, 0.05) is 6.07 Å². The molecule has 0 saturated heterocycles. The molecule has 0 spiro atoms. The van der Waals surface area contributed by atoms with E-state index in [0.717, 1.165) is 16.8 Å². The number of hydrogen-bond donors (Lipinski definition) is 3. The minimum atomic E-state index is -4.78. The highest BCUT2D eigenvalue weighted by molar-refractivity contribution is 7.86. The second kappa shape index (κ2) is 6.21. The van der Waals surface area contributed by atoms with Crippen LogP contribution in [0.1, 0.15) is 0 Å². The molecule has 11 heteroatoms. The van der Waals surface area contributed by atoms with Gasteiger partial charge in [0.05, 0.1) is 21.2 Å². The second-order valence-corrected chi connectivity index (χ2v) is 8.17. The molecular formula is C15H12N2O7S2.